The first-order valence-electron chi connectivity index (χ1n) is 11.4. The molecule has 0 unspecified atom stereocenters. The number of rotatable bonds is 7. The van der Waals surface area contributed by atoms with Gasteiger partial charge in [-0.25, -0.2) is 4.79 Å². The molecule has 0 saturated carbocycles. The number of ether oxygens (including phenoxy) is 1. The minimum atomic E-state index is -5.13. The molecule has 0 aliphatic heterocycles. The standard InChI is InChI=1S/C26H27ClF3NO6/c1-14(17-8-6-15(12-18(17)27)20(32)9-11-22(33)37-24(2,3)4)25(35,26(28,29)30)16-7-10-21-19(13-16)31(5)23(34)36-21/h6-8,10,12-14,35H,9,11H2,1-5H3/t14-,25-/m1/s1. The number of aromatic nitrogens is 1. The Morgan fingerprint density at radius 3 is 2.32 bits per heavy atom. The molecule has 2 atom stereocenters. The summed E-state index contributed by atoms with van der Waals surface area (Å²) in [5.41, 5.74) is -4.39. The lowest BCUT2D eigenvalue weighted by Gasteiger charge is -2.37. The minimum absolute atomic E-state index is 0.0497. The van der Waals surface area contributed by atoms with Gasteiger partial charge in [-0.15, -0.1) is 0 Å². The number of alkyl halides is 3. The zero-order chi connectivity index (χ0) is 27.9. The number of Topliss-reactive ketones (excluding diaryl/α,β-unsaturated/α-hetero) is 1. The Morgan fingerprint density at radius 1 is 1.11 bits per heavy atom. The fourth-order valence-electron chi connectivity index (χ4n) is 4.05. The van der Waals surface area contributed by atoms with Crippen molar-refractivity contribution < 1.29 is 37.0 Å². The number of oxazole rings is 1. The molecule has 37 heavy (non-hydrogen) atoms. The lowest BCUT2D eigenvalue weighted by atomic mass is 9.77. The predicted molar refractivity (Wildman–Crippen MR) is 131 cm³/mol. The van der Waals surface area contributed by atoms with Gasteiger partial charge in [0.2, 0.25) is 0 Å². The van der Waals surface area contributed by atoms with Crippen LogP contribution in [-0.2, 0) is 22.2 Å². The van der Waals surface area contributed by atoms with Crippen molar-refractivity contribution in [3.8, 4) is 0 Å². The van der Waals surface area contributed by atoms with Gasteiger partial charge in [0, 0.05) is 30.0 Å². The Hall–Kier alpha value is -3.11. The number of esters is 1. The Labute approximate surface area is 215 Å². The Morgan fingerprint density at radius 2 is 1.76 bits per heavy atom. The highest BCUT2D eigenvalue weighted by atomic mass is 35.5. The van der Waals surface area contributed by atoms with Crippen LogP contribution in [0, 0.1) is 0 Å². The maximum Gasteiger partial charge on any atom is 0.422 e. The summed E-state index contributed by atoms with van der Waals surface area (Å²) in [6, 6.07) is 7.03. The van der Waals surface area contributed by atoms with Gasteiger partial charge in [0.25, 0.3) is 0 Å². The van der Waals surface area contributed by atoms with Gasteiger partial charge in [-0.1, -0.05) is 36.7 Å². The summed E-state index contributed by atoms with van der Waals surface area (Å²) >= 11 is 6.30. The van der Waals surface area contributed by atoms with Crippen LogP contribution in [0.3, 0.4) is 0 Å². The molecule has 3 aromatic rings. The highest BCUT2D eigenvalue weighted by Gasteiger charge is 2.59. The molecule has 0 aliphatic carbocycles. The van der Waals surface area contributed by atoms with Crippen molar-refractivity contribution in [3.05, 3.63) is 68.7 Å². The van der Waals surface area contributed by atoms with Gasteiger partial charge in [-0.3, -0.25) is 14.2 Å². The average Bonchev–Trinajstić information content (AvgIpc) is 3.07. The molecule has 2 aromatic carbocycles. The van der Waals surface area contributed by atoms with Gasteiger partial charge >= 0.3 is 17.9 Å². The summed E-state index contributed by atoms with van der Waals surface area (Å²) in [6.07, 6.45) is -5.47. The molecule has 0 fully saturated rings. The molecule has 0 radical (unpaired) electrons. The van der Waals surface area contributed by atoms with Gasteiger partial charge in [0.05, 0.1) is 11.9 Å². The number of ketones is 1. The second-order valence-corrected chi connectivity index (χ2v) is 10.2. The number of halogens is 4. The van der Waals surface area contributed by atoms with Crippen LogP contribution in [0.2, 0.25) is 5.02 Å². The van der Waals surface area contributed by atoms with E-state index in [4.69, 9.17) is 20.8 Å². The molecule has 1 heterocycles. The van der Waals surface area contributed by atoms with E-state index in [0.29, 0.717) is 0 Å². The van der Waals surface area contributed by atoms with E-state index in [2.05, 4.69) is 0 Å². The number of fused-ring (bicyclic) bond motifs is 1. The lowest BCUT2D eigenvalue weighted by Crippen LogP contribution is -2.46. The molecule has 11 heteroatoms. The van der Waals surface area contributed by atoms with Crippen LogP contribution in [0.5, 0.6) is 0 Å². The molecular formula is C26H27ClF3NO6. The molecule has 1 aromatic heterocycles. The van der Waals surface area contributed by atoms with Crippen LogP contribution in [-0.4, -0.2) is 33.2 Å². The average molecular weight is 542 g/mol. The van der Waals surface area contributed by atoms with Crippen LogP contribution in [0.4, 0.5) is 13.2 Å². The van der Waals surface area contributed by atoms with Crippen molar-refractivity contribution in [3.63, 3.8) is 0 Å². The SMILES string of the molecule is C[C@H](c1ccc(C(=O)CCC(=O)OC(C)(C)C)cc1Cl)[C@@](O)(c1ccc2oc(=O)n(C)c2c1)C(F)(F)F. The second kappa shape index (κ2) is 9.98. The first kappa shape index (κ1) is 28.5. The van der Waals surface area contributed by atoms with Crippen molar-refractivity contribution in [2.45, 2.75) is 63.8 Å². The number of nitrogens with zero attached hydrogens (tertiary/aromatic N) is 1. The van der Waals surface area contributed by atoms with Crippen molar-refractivity contribution in [1.29, 1.82) is 0 Å². The summed E-state index contributed by atoms with van der Waals surface area (Å²) in [5.74, 6) is -3.36. The topological polar surface area (TPSA) is 98.7 Å². The highest BCUT2D eigenvalue weighted by Crippen LogP contribution is 2.50. The highest BCUT2D eigenvalue weighted by molar-refractivity contribution is 6.31. The van der Waals surface area contributed by atoms with Crippen LogP contribution in [0.25, 0.3) is 11.1 Å². The number of hydrogen-bond acceptors (Lipinski definition) is 6. The zero-order valence-electron chi connectivity index (χ0n) is 20.9. The Balaban J connectivity index is 1.93. The fourth-order valence-corrected chi connectivity index (χ4v) is 4.40. The maximum atomic E-state index is 14.4. The van der Waals surface area contributed by atoms with Crippen molar-refractivity contribution in [2.24, 2.45) is 7.05 Å². The summed E-state index contributed by atoms with van der Waals surface area (Å²) in [5, 5.41) is 11.0. The van der Waals surface area contributed by atoms with E-state index in [0.717, 1.165) is 23.6 Å². The third-order valence-electron chi connectivity index (χ3n) is 6.06. The van der Waals surface area contributed by atoms with Crippen LogP contribution in [0.15, 0.2) is 45.6 Å². The molecule has 0 saturated heterocycles. The van der Waals surface area contributed by atoms with Gasteiger partial charge < -0.3 is 14.3 Å². The first-order valence-corrected chi connectivity index (χ1v) is 11.8. The van der Waals surface area contributed by atoms with E-state index in [1.54, 1.807) is 20.8 Å². The maximum absolute atomic E-state index is 14.4. The first-order chi connectivity index (χ1) is 17.0. The van der Waals surface area contributed by atoms with Crippen molar-refractivity contribution >= 4 is 34.5 Å². The molecule has 0 bridgehead atoms. The normalized spacial score (nSPS) is 14.9. The number of hydrogen-bond donors (Lipinski definition) is 1. The molecule has 3 rings (SSSR count). The number of aliphatic hydroxyl groups is 1. The van der Waals surface area contributed by atoms with Crippen LogP contribution < -0.4 is 5.76 Å². The third kappa shape index (κ3) is 5.75. The van der Waals surface area contributed by atoms with E-state index < -0.39 is 46.4 Å². The molecule has 0 amide bonds. The number of carbonyl (C=O) groups excluding carboxylic acids is 2. The Bertz CT molecular complexity index is 1400. The lowest BCUT2D eigenvalue weighted by molar-refractivity contribution is -0.274. The number of aryl methyl sites for hydroxylation is 1. The summed E-state index contributed by atoms with van der Waals surface area (Å²) < 4.78 is 54.3. The zero-order valence-corrected chi connectivity index (χ0v) is 21.7. The largest absolute Gasteiger partial charge is 0.460 e. The molecule has 0 aliphatic rings. The van der Waals surface area contributed by atoms with Gasteiger partial charge in [-0.2, -0.15) is 13.2 Å². The molecule has 200 valence electrons. The van der Waals surface area contributed by atoms with E-state index in [-0.39, 0.29) is 40.1 Å². The number of carbonyl (C=O) groups is 2. The second-order valence-electron chi connectivity index (χ2n) is 9.84. The van der Waals surface area contributed by atoms with Crippen molar-refractivity contribution in [1.82, 2.24) is 4.57 Å². The summed E-state index contributed by atoms with van der Waals surface area (Å²) in [4.78, 5) is 36.2. The van der Waals surface area contributed by atoms with Gasteiger partial charge in [-0.05, 0) is 50.1 Å². The minimum Gasteiger partial charge on any atom is -0.460 e. The van der Waals surface area contributed by atoms with Crippen molar-refractivity contribution in [2.75, 3.05) is 0 Å². The molecule has 1 N–H and O–H groups in total. The van der Waals surface area contributed by atoms with Gasteiger partial charge in [0.15, 0.2) is 17.0 Å². The summed E-state index contributed by atoms with van der Waals surface area (Å²) in [7, 11) is 1.34. The number of benzene rings is 2. The summed E-state index contributed by atoms with van der Waals surface area (Å²) in [6.45, 7) is 6.26. The smallest absolute Gasteiger partial charge is 0.422 e. The fraction of sp³-hybridized carbons (Fsp3) is 0.423. The van der Waals surface area contributed by atoms with E-state index >= 15 is 0 Å². The van der Waals surface area contributed by atoms with Gasteiger partial charge in [0.1, 0.15) is 5.60 Å². The quantitative estimate of drug-likeness (QED) is 0.307. The monoisotopic (exact) mass is 541 g/mol. The van der Waals surface area contributed by atoms with Crippen LogP contribution in [0.1, 0.15) is 67.9 Å². The van der Waals surface area contributed by atoms with E-state index in [1.807, 2.05) is 0 Å². The predicted octanol–water partition coefficient (Wildman–Crippen LogP) is 5.64. The van der Waals surface area contributed by atoms with Crippen LogP contribution >= 0.6 is 11.6 Å². The molecule has 7 nitrogen and oxygen atoms in total. The Kier molecular flexibility index (Phi) is 7.68. The molecular weight excluding hydrogens is 515 g/mol. The van der Waals surface area contributed by atoms with E-state index in [1.165, 1.54) is 31.3 Å². The molecule has 0 spiro atoms. The van der Waals surface area contributed by atoms with E-state index in [9.17, 15) is 32.7 Å². The third-order valence-corrected chi connectivity index (χ3v) is 6.38.